The molecule has 2 aromatic rings. The van der Waals surface area contributed by atoms with Gasteiger partial charge in [-0.15, -0.1) is 11.3 Å². The van der Waals surface area contributed by atoms with Crippen molar-refractivity contribution in [2.45, 2.75) is 6.92 Å². The van der Waals surface area contributed by atoms with Gasteiger partial charge in [0.1, 0.15) is 0 Å². The van der Waals surface area contributed by atoms with Crippen LogP contribution in [0.4, 0.5) is 0 Å². The van der Waals surface area contributed by atoms with Crippen LogP contribution in [0.2, 0.25) is 5.02 Å². The molecule has 0 spiro atoms. The van der Waals surface area contributed by atoms with Crippen LogP contribution in [-0.4, -0.2) is 5.71 Å². The highest BCUT2D eigenvalue weighted by Crippen LogP contribution is 2.35. The summed E-state index contributed by atoms with van der Waals surface area (Å²) in [6.45, 7) is 1.76. The molecule has 1 nitrogen and oxygen atoms in total. The molecule has 3 heteroatoms. The summed E-state index contributed by atoms with van der Waals surface area (Å²) in [6, 6.07) is 7.96. The van der Waals surface area contributed by atoms with Gasteiger partial charge >= 0.3 is 0 Å². The summed E-state index contributed by atoms with van der Waals surface area (Å²) in [5.74, 6) is 0. The molecule has 0 saturated heterocycles. The zero-order valence-corrected chi connectivity index (χ0v) is 8.67. The van der Waals surface area contributed by atoms with Crippen molar-refractivity contribution in [1.82, 2.24) is 0 Å². The van der Waals surface area contributed by atoms with E-state index in [9.17, 15) is 0 Å². The van der Waals surface area contributed by atoms with E-state index in [4.69, 9.17) is 17.0 Å². The molecule has 0 radical (unpaired) electrons. The van der Waals surface area contributed by atoms with E-state index in [1.807, 2.05) is 24.3 Å². The minimum Gasteiger partial charge on any atom is -0.304 e. The summed E-state index contributed by atoms with van der Waals surface area (Å²) >= 11 is 7.70. The standard InChI is InChI=1S/C10H8ClNS/c1-6(12)10-9(11)7-4-2-3-5-8(7)13-10/h2-5,12H,1H3. The van der Waals surface area contributed by atoms with Crippen LogP contribution in [0.3, 0.4) is 0 Å². The molecule has 1 heterocycles. The van der Waals surface area contributed by atoms with Crippen LogP contribution in [0.1, 0.15) is 11.8 Å². The molecule has 13 heavy (non-hydrogen) atoms. The Balaban J connectivity index is 2.81. The van der Waals surface area contributed by atoms with Gasteiger partial charge in [0.05, 0.1) is 9.90 Å². The van der Waals surface area contributed by atoms with Gasteiger partial charge in [-0.1, -0.05) is 29.8 Å². The average molecular weight is 210 g/mol. The number of hydrogen-bond donors (Lipinski definition) is 1. The maximum Gasteiger partial charge on any atom is 0.0683 e. The van der Waals surface area contributed by atoms with Crippen LogP contribution in [0.5, 0.6) is 0 Å². The first kappa shape index (κ1) is 8.73. The zero-order valence-electron chi connectivity index (χ0n) is 7.10. The van der Waals surface area contributed by atoms with Gasteiger partial charge < -0.3 is 5.41 Å². The summed E-state index contributed by atoms with van der Waals surface area (Å²) in [6.07, 6.45) is 0. The van der Waals surface area contributed by atoms with Crippen molar-refractivity contribution in [3.05, 3.63) is 34.2 Å². The van der Waals surface area contributed by atoms with Crippen molar-refractivity contribution < 1.29 is 0 Å². The smallest absolute Gasteiger partial charge is 0.0683 e. The van der Waals surface area contributed by atoms with E-state index in [0.29, 0.717) is 10.7 Å². The lowest BCUT2D eigenvalue weighted by Gasteiger charge is -1.91. The largest absolute Gasteiger partial charge is 0.304 e. The number of nitrogens with one attached hydrogen (secondary N) is 1. The topological polar surface area (TPSA) is 23.9 Å². The predicted molar refractivity (Wildman–Crippen MR) is 59.3 cm³/mol. The van der Waals surface area contributed by atoms with Crippen molar-refractivity contribution >= 4 is 38.7 Å². The number of benzene rings is 1. The van der Waals surface area contributed by atoms with Gasteiger partial charge in [-0.3, -0.25) is 0 Å². The second kappa shape index (κ2) is 3.13. The third kappa shape index (κ3) is 1.36. The summed E-state index contributed by atoms with van der Waals surface area (Å²) in [7, 11) is 0. The molecule has 0 aliphatic carbocycles. The minimum atomic E-state index is 0.534. The van der Waals surface area contributed by atoms with Crippen LogP contribution >= 0.6 is 22.9 Å². The predicted octanol–water partition coefficient (Wildman–Crippen LogP) is 3.94. The van der Waals surface area contributed by atoms with Crippen molar-refractivity contribution in [2.24, 2.45) is 0 Å². The van der Waals surface area contributed by atoms with E-state index in [1.165, 1.54) is 0 Å². The molecular formula is C10H8ClNS. The van der Waals surface area contributed by atoms with Gasteiger partial charge in [0, 0.05) is 15.8 Å². The van der Waals surface area contributed by atoms with Gasteiger partial charge in [0.25, 0.3) is 0 Å². The van der Waals surface area contributed by atoms with Crippen LogP contribution in [0.15, 0.2) is 24.3 Å². The van der Waals surface area contributed by atoms with E-state index in [0.717, 1.165) is 15.0 Å². The fourth-order valence-corrected chi connectivity index (χ4v) is 2.73. The average Bonchev–Trinajstić information content (AvgIpc) is 2.45. The highest BCUT2D eigenvalue weighted by molar-refractivity contribution is 7.21. The molecule has 0 saturated carbocycles. The van der Waals surface area contributed by atoms with Gasteiger partial charge in [-0.2, -0.15) is 0 Å². The fraction of sp³-hybridized carbons (Fsp3) is 0.100. The summed E-state index contributed by atoms with van der Waals surface area (Å²) in [5.41, 5.74) is 0.534. The highest BCUT2D eigenvalue weighted by atomic mass is 35.5. The van der Waals surface area contributed by atoms with Crippen molar-refractivity contribution in [3.8, 4) is 0 Å². The number of hydrogen-bond acceptors (Lipinski definition) is 2. The molecule has 1 aromatic heterocycles. The Hall–Kier alpha value is -0.860. The molecule has 0 amide bonds. The molecular weight excluding hydrogens is 202 g/mol. The van der Waals surface area contributed by atoms with E-state index in [1.54, 1.807) is 18.3 Å². The molecule has 0 bridgehead atoms. The van der Waals surface area contributed by atoms with Crippen LogP contribution in [0, 0.1) is 5.41 Å². The first-order valence-electron chi connectivity index (χ1n) is 3.92. The van der Waals surface area contributed by atoms with Gasteiger partial charge in [-0.25, -0.2) is 0 Å². The Labute approximate surface area is 85.5 Å². The Morgan fingerprint density at radius 3 is 2.69 bits per heavy atom. The lowest BCUT2D eigenvalue weighted by molar-refractivity contribution is 1.49. The third-order valence-corrected chi connectivity index (χ3v) is 3.67. The molecule has 0 fully saturated rings. The molecule has 66 valence electrons. The molecule has 1 aromatic carbocycles. The first-order valence-corrected chi connectivity index (χ1v) is 5.12. The Kier molecular flexibility index (Phi) is 2.10. The summed E-state index contributed by atoms with van der Waals surface area (Å²) in [4.78, 5) is 0.878. The highest BCUT2D eigenvalue weighted by Gasteiger charge is 2.10. The fourth-order valence-electron chi connectivity index (χ4n) is 1.26. The number of halogens is 1. The van der Waals surface area contributed by atoms with Gasteiger partial charge in [0.15, 0.2) is 0 Å². The quantitative estimate of drug-likeness (QED) is 0.688. The van der Waals surface area contributed by atoms with Crippen LogP contribution in [0.25, 0.3) is 10.1 Å². The third-order valence-electron chi connectivity index (χ3n) is 1.88. The van der Waals surface area contributed by atoms with Crippen molar-refractivity contribution in [2.75, 3.05) is 0 Å². The number of rotatable bonds is 1. The maximum absolute atomic E-state index is 7.53. The lowest BCUT2D eigenvalue weighted by atomic mass is 10.2. The Morgan fingerprint density at radius 2 is 2.08 bits per heavy atom. The molecule has 2 rings (SSSR count). The monoisotopic (exact) mass is 209 g/mol. The van der Waals surface area contributed by atoms with Gasteiger partial charge in [-0.05, 0) is 13.0 Å². The van der Waals surface area contributed by atoms with E-state index >= 15 is 0 Å². The Morgan fingerprint density at radius 1 is 1.38 bits per heavy atom. The zero-order chi connectivity index (χ0) is 9.42. The summed E-state index contributed by atoms with van der Waals surface area (Å²) < 4.78 is 1.15. The second-order valence-corrected chi connectivity index (χ2v) is 4.30. The molecule has 0 unspecified atom stereocenters. The molecule has 0 aliphatic rings. The van der Waals surface area contributed by atoms with E-state index in [2.05, 4.69) is 0 Å². The molecule has 1 N–H and O–H groups in total. The van der Waals surface area contributed by atoms with Crippen LogP contribution < -0.4 is 0 Å². The summed E-state index contributed by atoms with van der Waals surface area (Å²) in [5, 5.41) is 9.30. The van der Waals surface area contributed by atoms with Gasteiger partial charge in [0.2, 0.25) is 0 Å². The SMILES string of the molecule is CC(=N)c1sc2ccccc2c1Cl. The second-order valence-electron chi connectivity index (χ2n) is 2.87. The van der Waals surface area contributed by atoms with E-state index < -0.39 is 0 Å². The maximum atomic E-state index is 7.53. The Bertz CT molecular complexity index is 473. The number of thiophene rings is 1. The minimum absolute atomic E-state index is 0.534. The van der Waals surface area contributed by atoms with Crippen molar-refractivity contribution in [1.29, 1.82) is 5.41 Å². The normalized spacial score (nSPS) is 10.6. The van der Waals surface area contributed by atoms with Crippen molar-refractivity contribution in [3.63, 3.8) is 0 Å². The van der Waals surface area contributed by atoms with E-state index in [-0.39, 0.29) is 0 Å². The lowest BCUT2D eigenvalue weighted by Crippen LogP contribution is -1.86. The molecule has 0 aliphatic heterocycles. The van der Waals surface area contributed by atoms with Crippen LogP contribution in [-0.2, 0) is 0 Å². The molecule has 0 atom stereocenters. The first-order chi connectivity index (χ1) is 6.20. The number of fused-ring (bicyclic) bond motifs is 1.